The van der Waals surface area contributed by atoms with Crippen molar-refractivity contribution in [3.05, 3.63) is 22.4 Å². The zero-order valence-electron chi connectivity index (χ0n) is 13.3. The van der Waals surface area contributed by atoms with E-state index in [0.29, 0.717) is 23.7 Å². The number of hydrogen-bond donors (Lipinski definition) is 2. The zero-order valence-corrected chi connectivity index (χ0v) is 15.0. The van der Waals surface area contributed by atoms with Gasteiger partial charge in [-0.1, -0.05) is 6.07 Å². The maximum Gasteiger partial charge on any atom is 0.341 e. The molecule has 0 spiro atoms. The third kappa shape index (κ3) is 4.46. The van der Waals surface area contributed by atoms with Gasteiger partial charge < -0.3 is 10.4 Å². The predicted molar refractivity (Wildman–Crippen MR) is 90.4 cm³/mol. The van der Waals surface area contributed by atoms with E-state index in [1.165, 1.54) is 0 Å². The molecule has 1 unspecified atom stereocenters. The molecule has 0 saturated carbocycles. The molecule has 1 atom stereocenters. The summed E-state index contributed by atoms with van der Waals surface area (Å²) in [4.78, 5) is 26.1. The van der Waals surface area contributed by atoms with Crippen LogP contribution in [-0.2, 0) is 10.0 Å². The van der Waals surface area contributed by atoms with Crippen molar-refractivity contribution in [1.29, 1.82) is 0 Å². The first kappa shape index (κ1) is 18.7. The van der Waals surface area contributed by atoms with Crippen molar-refractivity contribution >= 4 is 33.4 Å². The Balaban J connectivity index is 1.86. The van der Waals surface area contributed by atoms with E-state index in [1.807, 2.05) is 17.5 Å². The molecule has 2 heterocycles. The minimum Gasteiger partial charge on any atom is -0.396 e. The standard InChI is InChI=1S/C14H21N3O5S2/c1-24(21,22)17-8-7-16(14(17)20)13(19)15-6-4-11(5-9-18)12-3-2-10-23-12/h2-3,10-11,18H,4-9H2,1H3,(H,15,19). The molecule has 10 heteroatoms. The van der Waals surface area contributed by atoms with Gasteiger partial charge in [-0.15, -0.1) is 11.3 Å². The number of carbonyl (C=O) groups excluding carboxylic acids is 2. The number of hydrogen-bond acceptors (Lipinski definition) is 6. The number of urea groups is 2. The summed E-state index contributed by atoms with van der Waals surface area (Å²) in [6.07, 6.45) is 2.17. The monoisotopic (exact) mass is 375 g/mol. The van der Waals surface area contributed by atoms with Crippen molar-refractivity contribution < 1.29 is 23.1 Å². The minimum absolute atomic E-state index is 0.0204. The normalized spacial score (nSPS) is 16.5. The zero-order chi connectivity index (χ0) is 17.7. The van der Waals surface area contributed by atoms with Gasteiger partial charge in [0.1, 0.15) is 0 Å². The molecule has 1 fully saturated rings. The first-order chi connectivity index (χ1) is 11.3. The number of carbonyl (C=O) groups is 2. The van der Waals surface area contributed by atoms with Gasteiger partial charge in [-0.3, -0.25) is 0 Å². The number of amides is 4. The molecule has 4 amide bonds. The van der Waals surface area contributed by atoms with Gasteiger partial charge in [0, 0.05) is 18.0 Å². The fourth-order valence-electron chi connectivity index (χ4n) is 2.57. The second kappa shape index (κ2) is 7.95. The molecule has 1 aromatic rings. The largest absolute Gasteiger partial charge is 0.396 e. The lowest BCUT2D eigenvalue weighted by Crippen LogP contribution is -2.44. The highest BCUT2D eigenvalue weighted by atomic mass is 32.2. The van der Waals surface area contributed by atoms with Crippen LogP contribution < -0.4 is 5.32 Å². The van der Waals surface area contributed by atoms with E-state index in [-0.39, 0.29) is 25.6 Å². The van der Waals surface area contributed by atoms with E-state index < -0.39 is 22.1 Å². The van der Waals surface area contributed by atoms with Crippen LogP contribution in [0.5, 0.6) is 0 Å². The lowest BCUT2D eigenvalue weighted by atomic mass is 10.00. The Hall–Kier alpha value is -1.65. The average molecular weight is 375 g/mol. The average Bonchev–Trinajstić information content (AvgIpc) is 3.14. The topological polar surface area (TPSA) is 107 Å². The number of aliphatic hydroxyl groups excluding tert-OH is 1. The Morgan fingerprint density at radius 2 is 2.17 bits per heavy atom. The summed E-state index contributed by atoms with van der Waals surface area (Å²) in [5.41, 5.74) is 0. The quantitative estimate of drug-likeness (QED) is 0.740. The van der Waals surface area contributed by atoms with Crippen LogP contribution in [0.4, 0.5) is 9.59 Å². The van der Waals surface area contributed by atoms with Gasteiger partial charge in [-0.2, -0.15) is 0 Å². The van der Waals surface area contributed by atoms with Crippen LogP contribution in [0.15, 0.2) is 17.5 Å². The van der Waals surface area contributed by atoms with Gasteiger partial charge >= 0.3 is 12.1 Å². The van der Waals surface area contributed by atoms with Crippen LogP contribution in [0.25, 0.3) is 0 Å². The van der Waals surface area contributed by atoms with Crippen molar-refractivity contribution in [3.8, 4) is 0 Å². The van der Waals surface area contributed by atoms with E-state index in [2.05, 4.69) is 5.32 Å². The van der Waals surface area contributed by atoms with Crippen LogP contribution in [0, 0.1) is 0 Å². The first-order valence-electron chi connectivity index (χ1n) is 7.56. The second-order valence-corrected chi connectivity index (χ2v) is 8.40. The molecule has 8 nitrogen and oxygen atoms in total. The molecule has 134 valence electrons. The Morgan fingerprint density at radius 3 is 2.71 bits per heavy atom. The minimum atomic E-state index is -3.65. The molecule has 1 aromatic heterocycles. The fraction of sp³-hybridized carbons (Fsp3) is 0.571. The summed E-state index contributed by atoms with van der Waals surface area (Å²) < 4.78 is 23.6. The highest BCUT2D eigenvalue weighted by molar-refractivity contribution is 7.88. The Bertz CT molecular complexity index is 675. The van der Waals surface area contributed by atoms with E-state index in [9.17, 15) is 18.0 Å². The number of nitrogens with one attached hydrogen (secondary N) is 1. The predicted octanol–water partition coefficient (Wildman–Crippen LogP) is 1.01. The molecule has 2 N–H and O–H groups in total. The molecule has 24 heavy (non-hydrogen) atoms. The van der Waals surface area contributed by atoms with Crippen molar-refractivity contribution in [1.82, 2.24) is 14.5 Å². The molecular formula is C14H21N3O5S2. The third-order valence-electron chi connectivity index (χ3n) is 3.81. The summed E-state index contributed by atoms with van der Waals surface area (Å²) in [5.74, 6) is 0.136. The van der Waals surface area contributed by atoms with Crippen molar-refractivity contribution in [2.24, 2.45) is 0 Å². The summed E-state index contributed by atoms with van der Waals surface area (Å²) in [6.45, 7) is 0.421. The van der Waals surface area contributed by atoms with Crippen LogP contribution >= 0.6 is 11.3 Å². The molecule has 0 radical (unpaired) electrons. The molecule has 2 rings (SSSR count). The summed E-state index contributed by atoms with van der Waals surface area (Å²) in [6, 6.07) is 2.51. The van der Waals surface area contributed by atoms with Gasteiger partial charge in [-0.25, -0.2) is 27.2 Å². The molecule has 0 aliphatic carbocycles. The van der Waals surface area contributed by atoms with Crippen molar-refractivity contribution in [3.63, 3.8) is 0 Å². The van der Waals surface area contributed by atoms with Crippen LogP contribution in [0.3, 0.4) is 0 Å². The molecule has 1 saturated heterocycles. The Labute approximate surface area is 145 Å². The lowest BCUT2D eigenvalue weighted by Gasteiger charge is -2.18. The highest BCUT2D eigenvalue weighted by Gasteiger charge is 2.38. The fourth-order valence-corrected chi connectivity index (χ4v) is 4.26. The molecule has 0 aromatic carbocycles. The van der Waals surface area contributed by atoms with Gasteiger partial charge in [0.05, 0.1) is 19.3 Å². The maximum atomic E-state index is 12.1. The van der Waals surface area contributed by atoms with Gasteiger partial charge in [0.25, 0.3) is 0 Å². The Kier molecular flexibility index (Phi) is 6.19. The number of thiophene rings is 1. The number of imide groups is 1. The molecular weight excluding hydrogens is 354 g/mol. The molecule has 1 aliphatic rings. The van der Waals surface area contributed by atoms with Crippen molar-refractivity contribution in [2.75, 3.05) is 32.5 Å². The van der Waals surface area contributed by atoms with Crippen LogP contribution in [0.1, 0.15) is 23.6 Å². The Morgan fingerprint density at radius 1 is 1.42 bits per heavy atom. The van der Waals surface area contributed by atoms with E-state index in [0.717, 1.165) is 16.0 Å². The highest BCUT2D eigenvalue weighted by Crippen LogP contribution is 2.26. The van der Waals surface area contributed by atoms with Crippen LogP contribution in [0.2, 0.25) is 0 Å². The van der Waals surface area contributed by atoms with E-state index in [1.54, 1.807) is 11.3 Å². The lowest BCUT2D eigenvalue weighted by molar-refractivity contribution is 0.193. The summed E-state index contributed by atoms with van der Waals surface area (Å²) in [5, 5.41) is 13.8. The SMILES string of the molecule is CS(=O)(=O)N1CCN(C(=O)NCCC(CCO)c2cccs2)C1=O. The molecule has 1 aliphatic heterocycles. The van der Waals surface area contributed by atoms with E-state index in [4.69, 9.17) is 5.11 Å². The van der Waals surface area contributed by atoms with Gasteiger partial charge in [0.15, 0.2) is 0 Å². The van der Waals surface area contributed by atoms with E-state index >= 15 is 0 Å². The first-order valence-corrected chi connectivity index (χ1v) is 10.3. The number of sulfonamides is 1. The number of aliphatic hydroxyl groups is 1. The van der Waals surface area contributed by atoms with Crippen LogP contribution in [-0.4, -0.2) is 67.3 Å². The third-order valence-corrected chi connectivity index (χ3v) is 5.98. The number of nitrogens with zero attached hydrogens (tertiary/aromatic N) is 2. The summed E-state index contributed by atoms with van der Waals surface area (Å²) >= 11 is 1.60. The van der Waals surface area contributed by atoms with Gasteiger partial charge in [-0.05, 0) is 30.2 Å². The maximum absolute atomic E-state index is 12.1. The smallest absolute Gasteiger partial charge is 0.341 e. The number of rotatable bonds is 7. The summed E-state index contributed by atoms with van der Waals surface area (Å²) in [7, 11) is -3.65. The second-order valence-electron chi connectivity index (χ2n) is 5.51. The molecule has 0 bridgehead atoms. The van der Waals surface area contributed by atoms with Crippen molar-refractivity contribution in [2.45, 2.75) is 18.8 Å². The van der Waals surface area contributed by atoms with Gasteiger partial charge in [0.2, 0.25) is 10.0 Å².